The number of benzene rings is 8. The maximum absolute atomic E-state index is 10.2. The summed E-state index contributed by atoms with van der Waals surface area (Å²) in [7, 11) is 0. The standard InChI is InChI=1S/C49H29N3O/c50-30-31-26-33(32-12-2-1-3-13-32)28-34(27-31)36-23-22-35(29-46(36)52-42-18-8-4-14-37(42)38-15-5-9-19-43(38)52)51-44-20-10-6-17-41(44)48-45(51)25-24-40-39-16-7-11-21-47(39)53-49(40)48/h1-29H. The highest BCUT2D eigenvalue weighted by atomic mass is 16.3. The molecule has 0 aliphatic heterocycles. The molecular formula is C49H29N3O. The van der Waals surface area contributed by atoms with E-state index >= 15 is 0 Å². The lowest BCUT2D eigenvalue weighted by Gasteiger charge is -2.18. The molecule has 4 heteroatoms. The van der Waals surface area contributed by atoms with Crippen molar-refractivity contribution < 1.29 is 4.42 Å². The first kappa shape index (κ1) is 29.4. The number of furan rings is 1. The van der Waals surface area contributed by atoms with Crippen molar-refractivity contribution in [2.75, 3.05) is 0 Å². The summed E-state index contributed by atoms with van der Waals surface area (Å²) in [5, 5.41) is 17.1. The fourth-order valence-corrected chi connectivity index (χ4v) is 8.43. The molecule has 11 aromatic rings. The number of para-hydroxylation sites is 4. The van der Waals surface area contributed by atoms with Gasteiger partial charge in [-0.2, -0.15) is 5.26 Å². The van der Waals surface area contributed by atoms with E-state index < -0.39 is 0 Å². The molecule has 8 aromatic carbocycles. The number of hydrogen-bond donors (Lipinski definition) is 0. The summed E-state index contributed by atoms with van der Waals surface area (Å²) in [6, 6.07) is 64.2. The first-order valence-electron chi connectivity index (χ1n) is 17.8. The molecule has 3 aromatic heterocycles. The van der Waals surface area contributed by atoms with Gasteiger partial charge in [0.2, 0.25) is 0 Å². The van der Waals surface area contributed by atoms with Gasteiger partial charge in [-0.15, -0.1) is 0 Å². The summed E-state index contributed by atoms with van der Waals surface area (Å²) in [5.74, 6) is 0. The van der Waals surface area contributed by atoms with Crippen molar-refractivity contribution in [2.24, 2.45) is 0 Å². The van der Waals surface area contributed by atoms with Crippen molar-refractivity contribution in [1.29, 1.82) is 5.26 Å². The van der Waals surface area contributed by atoms with Crippen molar-refractivity contribution in [3.05, 3.63) is 181 Å². The molecule has 4 nitrogen and oxygen atoms in total. The Bertz CT molecular complexity index is 3250. The molecule has 53 heavy (non-hydrogen) atoms. The van der Waals surface area contributed by atoms with E-state index in [9.17, 15) is 5.26 Å². The van der Waals surface area contributed by atoms with Gasteiger partial charge in [-0.25, -0.2) is 0 Å². The molecule has 0 amide bonds. The number of fused-ring (bicyclic) bond motifs is 10. The highest BCUT2D eigenvalue weighted by Gasteiger charge is 2.21. The van der Waals surface area contributed by atoms with Crippen molar-refractivity contribution in [2.45, 2.75) is 0 Å². The molecule has 0 radical (unpaired) electrons. The molecule has 0 saturated carbocycles. The minimum Gasteiger partial charge on any atom is -0.455 e. The van der Waals surface area contributed by atoms with Crippen LogP contribution in [-0.4, -0.2) is 9.13 Å². The lowest BCUT2D eigenvalue weighted by atomic mass is 9.95. The average molecular weight is 676 g/mol. The molecule has 0 aliphatic rings. The van der Waals surface area contributed by atoms with Crippen LogP contribution in [-0.2, 0) is 0 Å². The van der Waals surface area contributed by atoms with Gasteiger partial charge in [0.15, 0.2) is 0 Å². The third kappa shape index (κ3) is 4.35. The molecule has 11 rings (SSSR count). The number of aromatic nitrogens is 2. The summed E-state index contributed by atoms with van der Waals surface area (Å²) in [4.78, 5) is 0. The van der Waals surface area contributed by atoms with Crippen molar-refractivity contribution in [1.82, 2.24) is 9.13 Å². The highest BCUT2D eigenvalue weighted by molar-refractivity contribution is 6.24. The fraction of sp³-hybridized carbons (Fsp3) is 0. The summed E-state index contributed by atoms with van der Waals surface area (Å²) in [6.07, 6.45) is 0. The van der Waals surface area contributed by atoms with Crippen LogP contribution in [0.25, 0.3) is 99.2 Å². The molecule has 0 unspecified atom stereocenters. The Balaban J connectivity index is 1.25. The van der Waals surface area contributed by atoms with E-state index in [0.29, 0.717) is 5.56 Å². The summed E-state index contributed by atoms with van der Waals surface area (Å²) < 4.78 is 11.4. The molecule has 3 heterocycles. The zero-order valence-corrected chi connectivity index (χ0v) is 28.5. The quantitative estimate of drug-likeness (QED) is 0.186. The second kappa shape index (κ2) is 11.3. The molecule has 246 valence electrons. The summed E-state index contributed by atoms with van der Waals surface area (Å²) in [5.41, 5.74) is 13.0. The summed E-state index contributed by atoms with van der Waals surface area (Å²) in [6.45, 7) is 0. The third-order valence-corrected chi connectivity index (χ3v) is 10.7. The van der Waals surface area contributed by atoms with Gasteiger partial charge in [-0.3, -0.25) is 0 Å². The van der Waals surface area contributed by atoms with Gasteiger partial charge in [-0.05, 0) is 83.4 Å². The van der Waals surface area contributed by atoms with Crippen LogP contribution in [0.4, 0.5) is 0 Å². The predicted octanol–water partition coefficient (Wildman–Crippen LogP) is 13.0. The SMILES string of the molecule is N#Cc1cc(-c2ccccc2)cc(-c2ccc(-n3c4ccccc4c4c5oc6ccccc6c5ccc43)cc2-n2c3ccccc3c3ccccc32)c1. The van der Waals surface area contributed by atoms with Gasteiger partial charge in [0.05, 0.1) is 44.8 Å². The van der Waals surface area contributed by atoms with Gasteiger partial charge in [-0.1, -0.05) is 109 Å². The van der Waals surface area contributed by atoms with E-state index in [1.807, 2.05) is 42.5 Å². The molecule has 0 N–H and O–H groups in total. The van der Waals surface area contributed by atoms with Crippen LogP contribution in [0.1, 0.15) is 5.56 Å². The monoisotopic (exact) mass is 675 g/mol. The number of nitrogens with zero attached hydrogens (tertiary/aromatic N) is 3. The number of nitriles is 1. The lowest BCUT2D eigenvalue weighted by Crippen LogP contribution is -2.01. The molecular weight excluding hydrogens is 647 g/mol. The van der Waals surface area contributed by atoms with Gasteiger partial charge in [0.1, 0.15) is 11.2 Å². The van der Waals surface area contributed by atoms with Crippen molar-refractivity contribution in [3.63, 3.8) is 0 Å². The van der Waals surface area contributed by atoms with Crippen LogP contribution < -0.4 is 0 Å². The van der Waals surface area contributed by atoms with Gasteiger partial charge < -0.3 is 13.6 Å². The molecule has 0 atom stereocenters. The highest BCUT2D eigenvalue weighted by Crippen LogP contribution is 2.43. The van der Waals surface area contributed by atoms with Crippen molar-refractivity contribution >= 4 is 65.6 Å². The average Bonchev–Trinajstić information content (AvgIpc) is 3.88. The van der Waals surface area contributed by atoms with Crippen LogP contribution in [0.5, 0.6) is 0 Å². The fourth-order valence-electron chi connectivity index (χ4n) is 8.43. The van der Waals surface area contributed by atoms with Crippen LogP contribution in [0.15, 0.2) is 180 Å². The normalized spacial score (nSPS) is 11.8. The Hall–Kier alpha value is -7.35. The van der Waals surface area contributed by atoms with Gasteiger partial charge >= 0.3 is 0 Å². The molecule has 0 bridgehead atoms. The first-order valence-corrected chi connectivity index (χ1v) is 17.8. The lowest BCUT2D eigenvalue weighted by molar-refractivity contribution is 0.673. The number of hydrogen-bond acceptors (Lipinski definition) is 2. The molecule has 0 spiro atoms. The van der Waals surface area contributed by atoms with Crippen LogP contribution in [0, 0.1) is 11.3 Å². The van der Waals surface area contributed by atoms with E-state index in [2.05, 4.69) is 149 Å². The van der Waals surface area contributed by atoms with Crippen molar-refractivity contribution in [3.8, 4) is 39.7 Å². The van der Waals surface area contributed by atoms with Gasteiger partial charge in [0.25, 0.3) is 0 Å². The zero-order chi connectivity index (χ0) is 35.0. The van der Waals surface area contributed by atoms with E-state index in [4.69, 9.17) is 4.42 Å². The van der Waals surface area contributed by atoms with E-state index in [-0.39, 0.29) is 0 Å². The topological polar surface area (TPSA) is 46.8 Å². The van der Waals surface area contributed by atoms with E-state index in [0.717, 1.165) is 88.4 Å². The Kier molecular flexibility index (Phi) is 6.28. The van der Waals surface area contributed by atoms with Crippen LogP contribution in [0.2, 0.25) is 0 Å². The minimum absolute atomic E-state index is 0.621. The predicted molar refractivity (Wildman–Crippen MR) is 218 cm³/mol. The zero-order valence-electron chi connectivity index (χ0n) is 28.5. The largest absolute Gasteiger partial charge is 0.455 e. The molecule has 0 aliphatic carbocycles. The third-order valence-electron chi connectivity index (χ3n) is 10.7. The first-order chi connectivity index (χ1) is 26.2. The Morgan fingerprint density at radius 3 is 1.79 bits per heavy atom. The maximum Gasteiger partial charge on any atom is 0.145 e. The Morgan fingerprint density at radius 2 is 1.06 bits per heavy atom. The second-order valence-corrected chi connectivity index (χ2v) is 13.6. The molecule has 0 fully saturated rings. The van der Waals surface area contributed by atoms with Crippen LogP contribution >= 0.6 is 0 Å². The van der Waals surface area contributed by atoms with Crippen LogP contribution in [0.3, 0.4) is 0 Å². The maximum atomic E-state index is 10.2. The van der Waals surface area contributed by atoms with E-state index in [1.165, 1.54) is 10.8 Å². The Morgan fingerprint density at radius 1 is 0.434 bits per heavy atom. The van der Waals surface area contributed by atoms with E-state index in [1.54, 1.807) is 0 Å². The summed E-state index contributed by atoms with van der Waals surface area (Å²) >= 11 is 0. The molecule has 0 saturated heterocycles. The minimum atomic E-state index is 0.621. The van der Waals surface area contributed by atoms with Gasteiger partial charge in [0, 0.05) is 38.2 Å². The second-order valence-electron chi connectivity index (χ2n) is 13.6. The Labute approximate surface area is 304 Å². The number of rotatable bonds is 4. The smallest absolute Gasteiger partial charge is 0.145 e.